The molecule has 1 atom stereocenters. The topological polar surface area (TPSA) is 90.9 Å². The molecule has 0 aliphatic heterocycles. The average Bonchev–Trinajstić information content (AvgIpc) is 2.71. The molecule has 0 aliphatic carbocycles. The van der Waals surface area contributed by atoms with E-state index in [1.165, 1.54) is 33.5 Å². The van der Waals surface area contributed by atoms with Crippen LogP contribution in [0.15, 0.2) is 54.6 Å². The predicted molar refractivity (Wildman–Crippen MR) is 92.6 cm³/mol. The lowest BCUT2D eigenvalue weighted by Crippen LogP contribution is -2.53. The van der Waals surface area contributed by atoms with E-state index in [1.807, 2.05) is 0 Å². The summed E-state index contributed by atoms with van der Waals surface area (Å²) >= 11 is 0. The molecule has 2 aromatic carbocycles. The lowest BCUT2D eigenvalue weighted by Gasteiger charge is -2.32. The van der Waals surface area contributed by atoms with Crippen LogP contribution in [0.4, 0.5) is 4.79 Å². The maximum atomic E-state index is 12.8. The highest BCUT2D eigenvalue weighted by Gasteiger charge is 2.45. The minimum absolute atomic E-state index is 0.307. The second-order valence-corrected chi connectivity index (χ2v) is 5.29. The van der Waals surface area contributed by atoms with Gasteiger partial charge in [-0.2, -0.15) is 0 Å². The van der Waals surface area contributed by atoms with E-state index in [4.69, 9.17) is 9.47 Å². The number of nitrogens with one attached hydrogen (secondary N) is 1. The van der Waals surface area contributed by atoms with Crippen LogP contribution in [0.2, 0.25) is 0 Å². The highest BCUT2D eigenvalue weighted by Crippen LogP contribution is 2.32. The van der Waals surface area contributed by atoms with E-state index in [9.17, 15) is 14.4 Å². The number of hydrogen-bond donors (Lipinski definition) is 1. The molecule has 0 fully saturated rings. The molecule has 7 nitrogen and oxygen atoms in total. The van der Waals surface area contributed by atoms with Crippen molar-refractivity contribution in [2.45, 2.75) is 5.54 Å². The molecule has 0 saturated carbocycles. The van der Waals surface area contributed by atoms with Gasteiger partial charge in [-0.25, -0.2) is 14.4 Å². The van der Waals surface area contributed by atoms with Crippen molar-refractivity contribution in [1.29, 1.82) is 0 Å². The molecule has 0 aromatic heterocycles. The molecular weight excluding hydrogens is 338 g/mol. The predicted octanol–water partition coefficient (Wildman–Crippen LogP) is 2.25. The molecule has 26 heavy (non-hydrogen) atoms. The zero-order chi connectivity index (χ0) is 19.2. The normalized spacial score (nSPS) is 12.4. The van der Waals surface area contributed by atoms with E-state index in [0.717, 1.165) is 0 Å². The molecule has 0 saturated heterocycles. The van der Waals surface area contributed by atoms with E-state index < -0.39 is 23.6 Å². The summed E-state index contributed by atoms with van der Waals surface area (Å²) in [4.78, 5) is 36.4. The summed E-state index contributed by atoms with van der Waals surface area (Å²) in [6.45, 7) is 0. The minimum atomic E-state index is -1.64. The highest BCUT2D eigenvalue weighted by molar-refractivity contribution is 5.92. The molecule has 7 heteroatoms. The van der Waals surface area contributed by atoms with Crippen LogP contribution in [0.25, 0.3) is 0 Å². The van der Waals surface area contributed by atoms with E-state index in [2.05, 4.69) is 10.1 Å². The molecule has 0 aliphatic rings. The molecule has 2 rings (SSSR count). The van der Waals surface area contributed by atoms with Crippen molar-refractivity contribution in [2.24, 2.45) is 0 Å². The number of methoxy groups -OCH3 is 3. The van der Waals surface area contributed by atoms with Gasteiger partial charge in [0.25, 0.3) is 0 Å². The van der Waals surface area contributed by atoms with Gasteiger partial charge in [-0.05, 0) is 23.3 Å². The molecule has 1 amide bonds. The minimum Gasteiger partial charge on any atom is -0.467 e. The summed E-state index contributed by atoms with van der Waals surface area (Å²) in [6, 6.07) is 14.7. The molecule has 0 bridgehead atoms. The molecule has 0 spiro atoms. The number of ether oxygens (including phenoxy) is 3. The summed E-state index contributed by atoms with van der Waals surface area (Å²) in [7, 11) is 3.70. The Balaban J connectivity index is 2.67. The number of esters is 2. The lowest BCUT2D eigenvalue weighted by atomic mass is 9.82. The smallest absolute Gasteiger partial charge is 0.408 e. The van der Waals surface area contributed by atoms with Crippen LogP contribution in [0.1, 0.15) is 21.5 Å². The van der Waals surface area contributed by atoms with Crippen molar-refractivity contribution in [3.8, 4) is 0 Å². The largest absolute Gasteiger partial charge is 0.467 e. The van der Waals surface area contributed by atoms with Crippen molar-refractivity contribution in [3.63, 3.8) is 0 Å². The van der Waals surface area contributed by atoms with Gasteiger partial charge < -0.3 is 14.2 Å². The first-order valence-corrected chi connectivity index (χ1v) is 7.68. The van der Waals surface area contributed by atoms with Crippen molar-refractivity contribution in [3.05, 3.63) is 71.3 Å². The van der Waals surface area contributed by atoms with Crippen molar-refractivity contribution < 1.29 is 28.6 Å². The Hall–Kier alpha value is -3.35. The fraction of sp³-hybridized carbons (Fsp3) is 0.211. The Morgan fingerprint density at radius 1 is 0.769 bits per heavy atom. The van der Waals surface area contributed by atoms with Crippen molar-refractivity contribution in [1.82, 2.24) is 5.32 Å². The fourth-order valence-corrected chi connectivity index (χ4v) is 2.62. The van der Waals surface area contributed by atoms with Gasteiger partial charge in [0, 0.05) is 0 Å². The van der Waals surface area contributed by atoms with Gasteiger partial charge in [-0.1, -0.05) is 42.5 Å². The SMILES string of the molecule is COC(=O)N[C@](C(=O)OC)(c1ccccc1)c1ccc(C(=O)OC)cc1. The van der Waals surface area contributed by atoms with E-state index in [-0.39, 0.29) is 0 Å². The maximum absolute atomic E-state index is 12.8. The highest BCUT2D eigenvalue weighted by atomic mass is 16.5. The zero-order valence-corrected chi connectivity index (χ0v) is 14.6. The Labute approximate surface area is 150 Å². The molecule has 2 aromatic rings. The summed E-state index contributed by atoms with van der Waals surface area (Å²) in [6.07, 6.45) is -0.809. The molecular formula is C19H19NO6. The number of rotatable bonds is 5. The Bertz CT molecular complexity index is 787. The number of carbonyl (C=O) groups excluding carboxylic acids is 3. The monoisotopic (exact) mass is 357 g/mol. The summed E-state index contributed by atoms with van der Waals surface area (Å²) in [5, 5.41) is 2.57. The third-order valence-corrected chi connectivity index (χ3v) is 3.91. The first-order chi connectivity index (χ1) is 12.5. The van der Waals surface area contributed by atoms with Gasteiger partial charge in [0.15, 0.2) is 5.54 Å². The fourth-order valence-electron chi connectivity index (χ4n) is 2.62. The van der Waals surface area contributed by atoms with Crippen LogP contribution < -0.4 is 5.32 Å². The molecule has 0 radical (unpaired) electrons. The van der Waals surface area contributed by atoms with Crippen LogP contribution in [0, 0.1) is 0 Å². The number of carbonyl (C=O) groups is 3. The number of benzene rings is 2. The van der Waals surface area contributed by atoms with Gasteiger partial charge in [-0.15, -0.1) is 0 Å². The number of alkyl carbamates (subject to hydrolysis) is 1. The van der Waals surface area contributed by atoms with Crippen molar-refractivity contribution in [2.75, 3.05) is 21.3 Å². The third kappa shape index (κ3) is 3.51. The summed E-state index contributed by atoms with van der Waals surface area (Å²) in [5.41, 5.74) is -0.463. The molecule has 0 heterocycles. The second kappa shape index (κ2) is 8.15. The van der Waals surface area contributed by atoms with Crippen LogP contribution in [0.5, 0.6) is 0 Å². The summed E-state index contributed by atoms with van der Waals surface area (Å²) in [5.74, 6) is -1.22. The van der Waals surface area contributed by atoms with E-state index >= 15 is 0 Å². The average molecular weight is 357 g/mol. The van der Waals surface area contributed by atoms with Crippen LogP contribution in [0.3, 0.4) is 0 Å². The summed E-state index contributed by atoms with van der Waals surface area (Å²) < 4.78 is 14.3. The van der Waals surface area contributed by atoms with Gasteiger partial charge >= 0.3 is 18.0 Å². The van der Waals surface area contributed by atoms with Gasteiger partial charge in [-0.3, -0.25) is 5.32 Å². The van der Waals surface area contributed by atoms with Crippen LogP contribution in [-0.4, -0.2) is 39.4 Å². The van der Waals surface area contributed by atoms with Crippen LogP contribution >= 0.6 is 0 Å². The first kappa shape index (κ1) is 19.0. The number of hydrogen-bond acceptors (Lipinski definition) is 6. The van der Waals surface area contributed by atoms with Gasteiger partial charge in [0.1, 0.15) is 0 Å². The van der Waals surface area contributed by atoms with Gasteiger partial charge in [0.2, 0.25) is 0 Å². The van der Waals surface area contributed by atoms with Crippen molar-refractivity contribution >= 4 is 18.0 Å². The van der Waals surface area contributed by atoms with E-state index in [1.54, 1.807) is 42.5 Å². The Kier molecular flexibility index (Phi) is 5.95. The Morgan fingerprint density at radius 2 is 1.35 bits per heavy atom. The van der Waals surface area contributed by atoms with E-state index in [0.29, 0.717) is 16.7 Å². The third-order valence-electron chi connectivity index (χ3n) is 3.91. The zero-order valence-electron chi connectivity index (χ0n) is 14.6. The second-order valence-electron chi connectivity index (χ2n) is 5.29. The first-order valence-electron chi connectivity index (χ1n) is 7.68. The maximum Gasteiger partial charge on any atom is 0.408 e. The molecule has 0 unspecified atom stereocenters. The van der Waals surface area contributed by atoms with Crippen LogP contribution in [-0.2, 0) is 24.5 Å². The molecule has 1 N–H and O–H groups in total. The quantitative estimate of drug-likeness (QED) is 0.652. The van der Waals surface area contributed by atoms with Gasteiger partial charge in [0.05, 0.1) is 26.9 Å². The standard InChI is InChI=1S/C19H19NO6/c1-24-16(21)13-9-11-15(12-10-13)19(17(22)25-2,20-18(23)26-3)14-7-5-4-6-8-14/h4-12H,1-3H3,(H,20,23)/t19-/m1/s1. The number of amides is 1. The lowest BCUT2D eigenvalue weighted by molar-refractivity contribution is -0.147. The Morgan fingerprint density at radius 3 is 1.85 bits per heavy atom. The molecule has 136 valence electrons.